The summed E-state index contributed by atoms with van der Waals surface area (Å²) in [5, 5.41) is 0. The standard InChI is InChI=1S/C13H20FNO/c1-4-6-11(15)9(2)13-10(14)7-5-8-12(13)16-3/h5,7-9,11H,4,6,15H2,1-3H3. The fourth-order valence-electron chi connectivity index (χ4n) is 1.93. The fourth-order valence-corrected chi connectivity index (χ4v) is 1.93. The molecule has 0 amide bonds. The van der Waals surface area contributed by atoms with Gasteiger partial charge < -0.3 is 10.5 Å². The zero-order chi connectivity index (χ0) is 12.1. The summed E-state index contributed by atoms with van der Waals surface area (Å²) in [5.74, 6) is 0.313. The second-order valence-electron chi connectivity index (χ2n) is 4.10. The molecule has 1 aromatic rings. The molecule has 1 aromatic carbocycles. The van der Waals surface area contributed by atoms with Gasteiger partial charge in [-0.25, -0.2) is 4.39 Å². The van der Waals surface area contributed by atoms with Crippen LogP contribution in [-0.2, 0) is 0 Å². The van der Waals surface area contributed by atoms with Crippen LogP contribution in [0.1, 0.15) is 38.2 Å². The maximum atomic E-state index is 13.8. The summed E-state index contributed by atoms with van der Waals surface area (Å²) in [6, 6.07) is 4.84. The van der Waals surface area contributed by atoms with E-state index in [-0.39, 0.29) is 17.8 Å². The van der Waals surface area contributed by atoms with Crippen LogP contribution in [0.3, 0.4) is 0 Å². The van der Waals surface area contributed by atoms with Gasteiger partial charge in [-0.1, -0.05) is 26.3 Å². The molecule has 0 aliphatic heterocycles. The molecule has 0 bridgehead atoms. The van der Waals surface area contributed by atoms with Crippen molar-refractivity contribution in [3.8, 4) is 5.75 Å². The Morgan fingerprint density at radius 2 is 2.12 bits per heavy atom. The van der Waals surface area contributed by atoms with Crippen molar-refractivity contribution in [2.45, 2.75) is 38.6 Å². The molecular weight excluding hydrogens is 205 g/mol. The van der Waals surface area contributed by atoms with Crippen LogP contribution in [0.5, 0.6) is 5.75 Å². The van der Waals surface area contributed by atoms with E-state index in [2.05, 4.69) is 6.92 Å². The average Bonchev–Trinajstić information content (AvgIpc) is 2.28. The van der Waals surface area contributed by atoms with Gasteiger partial charge in [0.25, 0.3) is 0 Å². The van der Waals surface area contributed by atoms with Crippen LogP contribution in [0.2, 0.25) is 0 Å². The van der Waals surface area contributed by atoms with Crippen molar-refractivity contribution < 1.29 is 9.13 Å². The number of hydrogen-bond acceptors (Lipinski definition) is 2. The minimum atomic E-state index is -0.238. The van der Waals surface area contributed by atoms with Gasteiger partial charge in [0.05, 0.1) is 7.11 Å². The Balaban J connectivity index is 3.01. The van der Waals surface area contributed by atoms with Gasteiger partial charge in [0.1, 0.15) is 11.6 Å². The summed E-state index contributed by atoms with van der Waals surface area (Å²) in [6.45, 7) is 4.02. The van der Waals surface area contributed by atoms with Crippen LogP contribution < -0.4 is 10.5 Å². The number of hydrogen-bond donors (Lipinski definition) is 1. The Kier molecular flexibility index (Phi) is 4.74. The first-order valence-corrected chi connectivity index (χ1v) is 5.69. The number of rotatable bonds is 5. The molecule has 2 unspecified atom stereocenters. The SMILES string of the molecule is CCCC(N)C(C)c1c(F)cccc1OC. The Morgan fingerprint density at radius 3 is 2.69 bits per heavy atom. The predicted molar refractivity (Wildman–Crippen MR) is 64.3 cm³/mol. The quantitative estimate of drug-likeness (QED) is 0.835. The number of halogens is 1. The Hall–Kier alpha value is -1.09. The average molecular weight is 225 g/mol. The summed E-state index contributed by atoms with van der Waals surface area (Å²) < 4.78 is 18.9. The van der Waals surface area contributed by atoms with E-state index in [1.54, 1.807) is 19.2 Å². The number of nitrogens with two attached hydrogens (primary N) is 1. The largest absolute Gasteiger partial charge is 0.496 e. The fraction of sp³-hybridized carbons (Fsp3) is 0.538. The van der Waals surface area contributed by atoms with Crippen molar-refractivity contribution in [3.05, 3.63) is 29.6 Å². The highest BCUT2D eigenvalue weighted by Gasteiger charge is 2.21. The van der Waals surface area contributed by atoms with Crippen LogP contribution >= 0.6 is 0 Å². The molecule has 2 N–H and O–H groups in total. The lowest BCUT2D eigenvalue weighted by Gasteiger charge is -2.22. The summed E-state index contributed by atoms with van der Waals surface area (Å²) in [6.07, 6.45) is 1.89. The van der Waals surface area contributed by atoms with Crippen LogP contribution in [0.25, 0.3) is 0 Å². The molecule has 0 heterocycles. The molecule has 0 spiro atoms. The molecule has 0 saturated heterocycles. The van der Waals surface area contributed by atoms with E-state index in [4.69, 9.17) is 10.5 Å². The van der Waals surface area contributed by atoms with E-state index >= 15 is 0 Å². The van der Waals surface area contributed by atoms with Crippen molar-refractivity contribution in [1.82, 2.24) is 0 Å². The van der Waals surface area contributed by atoms with E-state index in [9.17, 15) is 4.39 Å². The van der Waals surface area contributed by atoms with E-state index in [1.807, 2.05) is 6.92 Å². The van der Waals surface area contributed by atoms with Gasteiger partial charge in [0.2, 0.25) is 0 Å². The highest BCUT2D eigenvalue weighted by Crippen LogP contribution is 2.31. The molecule has 3 heteroatoms. The highest BCUT2D eigenvalue weighted by atomic mass is 19.1. The predicted octanol–water partition coefficient (Wildman–Crippen LogP) is 3.07. The molecule has 0 saturated carbocycles. The number of benzene rings is 1. The smallest absolute Gasteiger partial charge is 0.130 e. The molecular formula is C13H20FNO. The van der Waals surface area contributed by atoms with Crippen molar-refractivity contribution >= 4 is 0 Å². The van der Waals surface area contributed by atoms with Crippen LogP contribution in [0, 0.1) is 5.82 Å². The maximum absolute atomic E-state index is 13.8. The summed E-state index contributed by atoms with van der Waals surface area (Å²) in [5.41, 5.74) is 6.62. The lowest BCUT2D eigenvalue weighted by molar-refractivity contribution is 0.391. The lowest BCUT2D eigenvalue weighted by atomic mass is 9.90. The molecule has 2 atom stereocenters. The van der Waals surface area contributed by atoms with Gasteiger partial charge >= 0.3 is 0 Å². The zero-order valence-electron chi connectivity index (χ0n) is 10.2. The topological polar surface area (TPSA) is 35.2 Å². The van der Waals surface area contributed by atoms with Crippen molar-refractivity contribution in [2.24, 2.45) is 5.73 Å². The Labute approximate surface area is 96.6 Å². The van der Waals surface area contributed by atoms with Gasteiger partial charge in [0, 0.05) is 17.5 Å². The Morgan fingerprint density at radius 1 is 1.44 bits per heavy atom. The zero-order valence-corrected chi connectivity index (χ0v) is 10.2. The monoisotopic (exact) mass is 225 g/mol. The molecule has 1 rings (SSSR count). The highest BCUT2D eigenvalue weighted by molar-refractivity contribution is 5.38. The first kappa shape index (κ1) is 13.0. The molecule has 0 fully saturated rings. The normalized spacial score (nSPS) is 14.6. The van der Waals surface area contributed by atoms with Gasteiger partial charge in [-0.3, -0.25) is 0 Å². The van der Waals surface area contributed by atoms with Gasteiger partial charge in [-0.15, -0.1) is 0 Å². The summed E-state index contributed by atoms with van der Waals surface area (Å²) in [7, 11) is 1.55. The Bertz CT molecular complexity index is 341. The third-order valence-electron chi connectivity index (χ3n) is 2.95. The second-order valence-corrected chi connectivity index (χ2v) is 4.10. The second kappa shape index (κ2) is 5.85. The lowest BCUT2D eigenvalue weighted by Crippen LogP contribution is -2.27. The first-order valence-electron chi connectivity index (χ1n) is 5.69. The molecule has 16 heavy (non-hydrogen) atoms. The molecule has 90 valence electrons. The maximum Gasteiger partial charge on any atom is 0.130 e. The van der Waals surface area contributed by atoms with Crippen LogP contribution in [0.4, 0.5) is 4.39 Å². The van der Waals surface area contributed by atoms with E-state index in [0.29, 0.717) is 11.3 Å². The van der Waals surface area contributed by atoms with Crippen LogP contribution in [-0.4, -0.2) is 13.2 Å². The van der Waals surface area contributed by atoms with Gasteiger partial charge in [0.15, 0.2) is 0 Å². The van der Waals surface area contributed by atoms with Crippen molar-refractivity contribution in [2.75, 3.05) is 7.11 Å². The van der Waals surface area contributed by atoms with E-state index < -0.39 is 0 Å². The molecule has 0 aromatic heterocycles. The minimum Gasteiger partial charge on any atom is -0.496 e. The van der Waals surface area contributed by atoms with Crippen molar-refractivity contribution in [3.63, 3.8) is 0 Å². The minimum absolute atomic E-state index is 0.0314. The van der Waals surface area contributed by atoms with Gasteiger partial charge in [-0.2, -0.15) is 0 Å². The first-order chi connectivity index (χ1) is 7.61. The summed E-state index contributed by atoms with van der Waals surface area (Å²) in [4.78, 5) is 0. The number of ether oxygens (including phenoxy) is 1. The number of methoxy groups -OCH3 is 1. The third kappa shape index (κ3) is 2.73. The third-order valence-corrected chi connectivity index (χ3v) is 2.95. The molecule has 0 aliphatic carbocycles. The van der Waals surface area contributed by atoms with Crippen LogP contribution in [0.15, 0.2) is 18.2 Å². The van der Waals surface area contributed by atoms with Gasteiger partial charge in [-0.05, 0) is 18.6 Å². The van der Waals surface area contributed by atoms with E-state index in [1.165, 1.54) is 6.07 Å². The molecule has 2 nitrogen and oxygen atoms in total. The summed E-state index contributed by atoms with van der Waals surface area (Å²) >= 11 is 0. The van der Waals surface area contributed by atoms with E-state index in [0.717, 1.165) is 12.8 Å². The molecule has 0 radical (unpaired) electrons. The van der Waals surface area contributed by atoms with Crippen molar-refractivity contribution in [1.29, 1.82) is 0 Å². The molecule has 0 aliphatic rings.